The van der Waals surface area contributed by atoms with Crippen LogP contribution >= 0.6 is 11.3 Å². The van der Waals surface area contributed by atoms with E-state index in [4.69, 9.17) is 4.74 Å². The van der Waals surface area contributed by atoms with Gasteiger partial charge in [0.1, 0.15) is 0 Å². The Morgan fingerprint density at radius 2 is 2.31 bits per heavy atom. The number of hydrogen-bond donors (Lipinski definition) is 0. The first-order chi connectivity index (χ1) is 7.67. The van der Waals surface area contributed by atoms with E-state index < -0.39 is 0 Å². The molecule has 88 valence electrons. The van der Waals surface area contributed by atoms with Gasteiger partial charge in [0, 0.05) is 18.4 Å². The molecule has 0 saturated heterocycles. The van der Waals surface area contributed by atoms with Crippen LogP contribution in [0, 0.1) is 0 Å². The Labute approximate surface area is 101 Å². The number of methoxy groups -OCH3 is 1. The molecule has 16 heavy (non-hydrogen) atoms. The summed E-state index contributed by atoms with van der Waals surface area (Å²) in [5.74, 6) is 0.825. The van der Waals surface area contributed by atoms with Gasteiger partial charge < -0.3 is 4.74 Å². The van der Waals surface area contributed by atoms with Gasteiger partial charge in [-0.05, 0) is 30.4 Å². The third-order valence-corrected chi connectivity index (χ3v) is 4.75. The van der Waals surface area contributed by atoms with Crippen molar-refractivity contribution >= 4 is 17.1 Å². The summed E-state index contributed by atoms with van der Waals surface area (Å²) in [5, 5.41) is 0. The molecule has 0 fully saturated rings. The lowest BCUT2D eigenvalue weighted by molar-refractivity contribution is 0.0858. The smallest absolute Gasteiger partial charge is 0.172 e. The fourth-order valence-corrected chi connectivity index (χ4v) is 3.61. The Hall–Kier alpha value is -0.670. The summed E-state index contributed by atoms with van der Waals surface area (Å²) in [6, 6.07) is 2.05. The monoisotopic (exact) mass is 238 g/mol. The van der Waals surface area contributed by atoms with Crippen LogP contribution in [0.15, 0.2) is 6.07 Å². The van der Waals surface area contributed by atoms with E-state index in [1.807, 2.05) is 6.92 Å². The summed E-state index contributed by atoms with van der Waals surface area (Å²) >= 11 is 1.67. The van der Waals surface area contributed by atoms with Gasteiger partial charge in [0.25, 0.3) is 0 Å². The van der Waals surface area contributed by atoms with Crippen LogP contribution in [0.5, 0.6) is 0 Å². The van der Waals surface area contributed by atoms with Crippen molar-refractivity contribution in [2.24, 2.45) is 0 Å². The van der Waals surface area contributed by atoms with E-state index in [1.165, 1.54) is 10.4 Å². The molecule has 0 radical (unpaired) electrons. The first kappa shape index (κ1) is 11.8. The average molecular weight is 238 g/mol. The van der Waals surface area contributed by atoms with Gasteiger partial charge in [0.05, 0.1) is 11.0 Å². The van der Waals surface area contributed by atoms with Crippen molar-refractivity contribution in [1.82, 2.24) is 0 Å². The van der Waals surface area contributed by atoms with Crippen LogP contribution in [-0.2, 0) is 4.74 Å². The fourth-order valence-electron chi connectivity index (χ4n) is 2.30. The largest absolute Gasteiger partial charge is 0.377 e. The van der Waals surface area contributed by atoms with E-state index in [2.05, 4.69) is 13.0 Å². The Bertz CT molecular complexity index is 395. The molecule has 1 heterocycles. The van der Waals surface area contributed by atoms with Gasteiger partial charge in [-0.25, -0.2) is 0 Å². The highest BCUT2D eigenvalue weighted by Crippen LogP contribution is 2.43. The van der Waals surface area contributed by atoms with Gasteiger partial charge in [-0.15, -0.1) is 11.3 Å². The van der Waals surface area contributed by atoms with Gasteiger partial charge in [-0.1, -0.05) is 13.8 Å². The van der Waals surface area contributed by atoms with Gasteiger partial charge in [0.15, 0.2) is 5.78 Å². The lowest BCUT2D eigenvalue weighted by atomic mass is 9.88. The zero-order chi connectivity index (χ0) is 11.7. The number of Topliss-reactive ketones (excluding diaryl/α,β-unsaturated/α-hetero) is 1. The van der Waals surface area contributed by atoms with Crippen molar-refractivity contribution in [3.05, 3.63) is 21.4 Å². The maximum Gasteiger partial charge on any atom is 0.172 e. The first-order valence-electron chi connectivity index (χ1n) is 5.87. The van der Waals surface area contributed by atoms with Gasteiger partial charge in [-0.2, -0.15) is 0 Å². The average Bonchev–Trinajstić information content (AvgIpc) is 2.74. The number of carbonyl (C=O) groups is 1. The Balaban J connectivity index is 2.39. The van der Waals surface area contributed by atoms with Crippen LogP contribution in [0.1, 0.15) is 65.2 Å². The van der Waals surface area contributed by atoms with Crippen LogP contribution in [0.4, 0.5) is 0 Å². The highest BCUT2D eigenvalue weighted by Gasteiger charge is 2.28. The Morgan fingerprint density at radius 3 is 2.94 bits per heavy atom. The van der Waals surface area contributed by atoms with E-state index >= 15 is 0 Å². The van der Waals surface area contributed by atoms with Crippen LogP contribution in [0.25, 0.3) is 0 Å². The molecule has 3 heteroatoms. The van der Waals surface area contributed by atoms with Crippen LogP contribution in [0.2, 0.25) is 0 Å². The van der Waals surface area contributed by atoms with Gasteiger partial charge in [-0.3, -0.25) is 4.79 Å². The normalized spacial score (nSPS) is 24.2. The molecule has 2 nitrogen and oxygen atoms in total. The molecule has 0 bridgehead atoms. The number of fused-ring (bicyclic) bond motifs is 1. The summed E-state index contributed by atoms with van der Waals surface area (Å²) in [7, 11) is 1.75. The lowest BCUT2D eigenvalue weighted by Gasteiger charge is -2.25. The molecule has 1 aliphatic carbocycles. The number of thiophene rings is 1. The molecular formula is C13H18O2S. The zero-order valence-electron chi connectivity index (χ0n) is 10.1. The number of rotatable bonds is 3. The summed E-state index contributed by atoms with van der Waals surface area (Å²) in [4.78, 5) is 14.0. The highest BCUT2D eigenvalue weighted by molar-refractivity contribution is 7.14. The van der Waals surface area contributed by atoms with E-state index in [9.17, 15) is 4.79 Å². The van der Waals surface area contributed by atoms with E-state index in [-0.39, 0.29) is 11.9 Å². The summed E-state index contributed by atoms with van der Waals surface area (Å²) < 4.78 is 5.49. The molecular weight excluding hydrogens is 220 g/mol. The van der Waals surface area contributed by atoms with Crippen LogP contribution in [0.3, 0.4) is 0 Å². The summed E-state index contributed by atoms with van der Waals surface area (Å²) in [6.07, 6.45) is 3.01. The molecule has 0 aliphatic heterocycles. The third kappa shape index (κ3) is 1.94. The second-order valence-electron chi connectivity index (χ2n) is 4.41. The quantitative estimate of drug-likeness (QED) is 0.746. The predicted molar refractivity (Wildman–Crippen MR) is 66.3 cm³/mol. The number of ketones is 1. The van der Waals surface area contributed by atoms with Crippen molar-refractivity contribution in [2.45, 2.75) is 45.1 Å². The molecule has 0 spiro atoms. The van der Waals surface area contributed by atoms with E-state index in [0.29, 0.717) is 12.3 Å². The van der Waals surface area contributed by atoms with Gasteiger partial charge >= 0.3 is 0 Å². The van der Waals surface area contributed by atoms with Crippen LogP contribution < -0.4 is 0 Å². The molecule has 0 aromatic carbocycles. The molecule has 2 unspecified atom stereocenters. The Kier molecular flexibility index (Phi) is 3.45. The lowest BCUT2D eigenvalue weighted by Crippen LogP contribution is -2.11. The van der Waals surface area contributed by atoms with Crippen molar-refractivity contribution in [1.29, 1.82) is 0 Å². The molecule has 1 aliphatic rings. The molecule has 2 rings (SSSR count). The zero-order valence-corrected chi connectivity index (χ0v) is 10.9. The standard InChI is InChI=1S/C13H18O2S/c1-4-10(14)12-7-9-11(15-3)6-5-8(2)13(9)16-12/h7-8,11H,4-6H2,1-3H3. The number of carbonyl (C=O) groups excluding carboxylic acids is 1. The minimum Gasteiger partial charge on any atom is -0.377 e. The second kappa shape index (κ2) is 4.68. The topological polar surface area (TPSA) is 26.3 Å². The van der Waals surface area contributed by atoms with Gasteiger partial charge in [0.2, 0.25) is 0 Å². The Morgan fingerprint density at radius 1 is 1.56 bits per heavy atom. The SMILES string of the molecule is CCC(=O)c1cc2c(s1)C(C)CCC2OC. The summed E-state index contributed by atoms with van der Waals surface area (Å²) in [6.45, 7) is 4.15. The molecule has 1 aromatic rings. The van der Waals surface area contributed by atoms with Crippen molar-refractivity contribution in [3.63, 3.8) is 0 Å². The molecule has 0 saturated carbocycles. The maximum absolute atomic E-state index is 11.7. The second-order valence-corrected chi connectivity index (χ2v) is 5.49. The fraction of sp³-hybridized carbons (Fsp3) is 0.615. The highest BCUT2D eigenvalue weighted by atomic mass is 32.1. The van der Waals surface area contributed by atoms with Crippen molar-refractivity contribution < 1.29 is 9.53 Å². The third-order valence-electron chi connectivity index (χ3n) is 3.33. The van der Waals surface area contributed by atoms with E-state index in [1.54, 1.807) is 18.4 Å². The van der Waals surface area contributed by atoms with Crippen molar-refractivity contribution in [2.75, 3.05) is 7.11 Å². The molecule has 0 N–H and O–H groups in total. The van der Waals surface area contributed by atoms with E-state index in [0.717, 1.165) is 17.7 Å². The molecule has 1 aromatic heterocycles. The first-order valence-corrected chi connectivity index (χ1v) is 6.68. The number of hydrogen-bond acceptors (Lipinski definition) is 3. The minimum absolute atomic E-state index is 0.195. The van der Waals surface area contributed by atoms with Crippen LogP contribution in [-0.4, -0.2) is 12.9 Å². The molecule has 0 amide bonds. The van der Waals surface area contributed by atoms with Crippen molar-refractivity contribution in [3.8, 4) is 0 Å². The summed E-state index contributed by atoms with van der Waals surface area (Å²) in [5.41, 5.74) is 1.25. The number of ether oxygens (including phenoxy) is 1. The predicted octanol–water partition coefficient (Wildman–Crippen LogP) is 3.93. The molecule has 2 atom stereocenters. The maximum atomic E-state index is 11.7. The minimum atomic E-state index is 0.195.